The molecule has 0 amide bonds. The van der Waals surface area contributed by atoms with Crippen molar-refractivity contribution in [2.45, 2.75) is 12.4 Å². The molecule has 2 aromatic heterocycles. The highest BCUT2D eigenvalue weighted by Crippen LogP contribution is 2.48. The molecule has 10 aromatic rings. The molecule has 11 heteroatoms. The predicted octanol–water partition coefficient (Wildman–Crippen LogP) is 14.5. The number of para-hydroxylation sites is 2. The summed E-state index contributed by atoms with van der Waals surface area (Å²) in [6, 6.07) is 50.9. The molecule has 0 saturated heterocycles. The van der Waals surface area contributed by atoms with E-state index in [-0.39, 0.29) is 28.6 Å². The van der Waals surface area contributed by atoms with Crippen molar-refractivity contribution in [3.63, 3.8) is 0 Å². The molecule has 0 saturated carbocycles. The van der Waals surface area contributed by atoms with Crippen LogP contribution in [0.15, 0.2) is 164 Å². The number of fused-ring (bicyclic) bond motifs is 6. The van der Waals surface area contributed by atoms with Crippen molar-refractivity contribution in [3.8, 4) is 63.0 Å². The first kappa shape index (κ1) is 39.5. The molecule has 64 heavy (non-hydrogen) atoms. The van der Waals surface area contributed by atoms with Crippen LogP contribution in [0.1, 0.15) is 27.8 Å². The molecule has 0 aliphatic carbocycles. The second-order valence-corrected chi connectivity index (χ2v) is 15.3. The average Bonchev–Trinajstić information content (AvgIpc) is 3.82. The smallest absolute Gasteiger partial charge is 0.308 e. The SMILES string of the molecule is N#Cc1ccc(-c2ccc3c4ccccc4n(-c4cc(C#N)cc(-n5c6ccccc6c6ccc(-c7ccc(C#N)cc7)cc65)c4-c4ccc(C(F)(F)F)cc4C(F)(F)F)c3c2)cc1. The van der Waals surface area contributed by atoms with Crippen molar-refractivity contribution >= 4 is 43.6 Å². The zero-order valence-electron chi connectivity index (χ0n) is 33.1. The van der Waals surface area contributed by atoms with Gasteiger partial charge in [-0.05, 0) is 101 Å². The number of alkyl halides is 6. The summed E-state index contributed by atoms with van der Waals surface area (Å²) in [6.45, 7) is 0. The van der Waals surface area contributed by atoms with E-state index in [9.17, 15) is 29.0 Å². The standard InChI is InChI=1S/C53H27F6N5/c54-52(55,56)38-19-22-43(44(27-38)53(57,58)59)51-49(63-45-7-3-1-5-39(45)41-20-17-36(25-47(41)63)34-13-9-31(28-60)10-14-34)23-33(30-62)24-50(51)64-46-8-4-2-6-40(46)42-21-18-37(26-48(42)64)35-15-11-32(29-61)12-16-35/h1-27H. The van der Waals surface area contributed by atoms with Gasteiger partial charge in [0, 0.05) is 27.1 Å². The fourth-order valence-electron chi connectivity index (χ4n) is 8.77. The molecule has 0 aliphatic heterocycles. The van der Waals surface area contributed by atoms with Crippen LogP contribution in [0.5, 0.6) is 0 Å². The Balaban J connectivity index is 1.38. The first-order valence-corrected chi connectivity index (χ1v) is 19.8. The van der Waals surface area contributed by atoms with Crippen LogP contribution < -0.4 is 0 Å². The van der Waals surface area contributed by atoms with Gasteiger partial charge in [0.15, 0.2) is 0 Å². The Morgan fingerprint density at radius 2 is 0.797 bits per heavy atom. The van der Waals surface area contributed by atoms with Crippen LogP contribution in [-0.2, 0) is 12.4 Å². The summed E-state index contributed by atoms with van der Waals surface area (Å²) < 4.78 is 93.0. The summed E-state index contributed by atoms with van der Waals surface area (Å²) in [7, 11) is 0. The van der Waals surface area contributed by atoms with Crippen molar-refractivity contribution in [2.75, 3.05) is 0 Å². The fourth-order valence-corrected chi connectivity index (χ4v) is 8.77. The summed E-state index contributed by atoms with van der Waals surface area (Å²) in [5, 5.41) is 32.6. The van der Waals surface area contributed by atoms with Gasteiger partial charge in [0.25, 0.3) is 0 Å². The van der Waals surface area contributed by atoms with Gasteiger partial charge in [-0.15, -0.1) is 0 Å². The van der Waals surface area contributed by atoms with Crippen LogP contribution in [0.3, 0.4) is 0 Å². The van der Waals surface area contributed by atoms with E-state index < -0.39 is 29.0 Å². The monoisotopic (exact) mass is 847 g/mol. The predicted molar refractivity (Wildman–Crippen MR) is 236 cm³/mol. The maximum Gasteiger partial charge on any atom is 0.417 e. The minimum absolute atomic E-state index is 0.0714. The lowest BCUT2D eigenvalue weighted by Gasteiger charge is -2.24. The van der Waals surface area contributed by atoms with E-state index >= 15 is 13.2 Å². The minimum atomic E-state index is -5.26. The Morgan fingerprint density at radius 1 is 0.375 bits per heavy atom. The second-order valence-electron chi connectivity index (χ2n) is 15.3. The van der Waals surface area contributed by atoms with E-state index in [0.29, 0.717) is 39.3 Å². The second kappa shape index (κ2) is 14.8. The van der Waals surface area contributed by atoms with Gasteiger partial charge in [-0.2, -0.15) is 42.1 Å². The number of hydrogen-bond donors (Lipinski definition) is 0. The van der Waals surface area contributed by atoms with Crippen molar-refractivity contribution in [1.29, 1.82) is 15.8 Å². The molecule has 0 aliphatic rings. The molecular weight excluding hydrogens is 821 g/mol. The number of halogens is 6. The van der Waals surface area contributed by atoms with Crippen LogP contribution in [0, 0.1) is 34.0 Å². The number of nitriles is 3. The Bertz CT molecular complexity index is 3470. The van der Waals surface area contributed by atoms with E-state index in [1.165, 1.54) is 12.1 Å². The largest absolute Gasteiger partial charge is 0.417 e. The van der Waals surface area contributed by atoms with Gasteiger partial charge >= 0.3 is 12.4 Å². The Morgan fingerprint density at radius 3 is 1.22 bits per heavy atom. The van der Waals surface area contributed by atoms with Gasteiger partial charge in [0.1, 0.15) is 0 Å². The number of benzene rings is 8. The van der Waals surface area contributed by atoms with Crippen LogP contribution in [-0.4, -0.2) is 9.13 Å². The van der Waals surface area contributed by atoms with Crippen LogP contribution in [0.4, 0.5) is 26.3 Å². The molecule has 0 unspecified atom stereocenters. The maximum absolute atomic E-state index is 15.5. The van der Waals surface area contributed by atoms with Gasteiger partial charge in [-0.25, -0.2) is 0 Å². The number of rotatable bonds is 5. The zero-order valence-corrected chi connectivity index (χ0v) is 33.1. The number of nitrogens with zero attached hydrogens (tertiary/aromatic N) is 5. The van der Waals surface area contributed by atoms with Crippen LogP contribution in [0.25, 0.3) is 88.4 Å². The van der Waals surface area contributed by atoms with E-state index in [2.05, 4.69) is 18.2 Å². The third-order valence-corrected chi connectivity index (χ3v) is 11.7. The molecule has 8 aromatic carbocycles. The fraction of sp³-hybridized carbons (Fsp3) is 0.0377. The summed E-state index contributed by atoms with van der Waals surface area (Å²) in [4.78, 5) is 0. The highest BCUT2D eigenvalue weighted by Gasteiger charge is 2.40. The summed E-state index contributed by atoms with van der Waals surface area (Å²) >= 11 is 0. The highest BCUT2D eigenvalue weighted by atomic mass is 19.4. The van der Waals surface area contributed by atoms with Gasteiger partial charge in [0.05, 0.1) is 79.5 Å². The zero-order chi connectivity index (χ0) is 44.5. The van der Waals surface area contributed by atoms with Gasteiger partial charge in [-0.3, -0.25) is 0 Å². The lowest BCUT2D eigenvalue weighted by Crippen LogP contribution is -2.14. The lowest BCUT2D eigenvalue weighted by atomic mass is 9.92. The number of hydrogen-bond acceptors (Lipinski definition) is 3. The summed E-state index contributed by atoms with van der Waals surface area (Å²) in [5.74, 6) is 0. The Kier molecular flexibility index (Phi) is 9.14. The minimum Gasteiger partial charge on any atom is -0.308 e. The van der Waals surface area contributed by atoms with Crippen molar-refractivity contribution in [1.82, 2.24) is 9.13 Å². The molecule has 0 fully saturated rings. The third kappa shape index (κ3) is 6.48. The Hall–Kier alpha value is -8.59. The van der Waals surface area contributed by atoms with Gasteiger partial charge < -0.3 is 9.13 Å². The number of aromatic nitrogens is 2. The van der Waals surface area contributed by atoms with Crippen molar-refractivity contribution in [2.24, 2.45) is 0 Å². The Labute approximate surface area is 360 Å². The molecular formula is C53H27F6N5. The van der Waals surface area contributed by atoms with E-state index in [0.717, 1.165) is 49.9 Å². The first-order valence-electron chi connectivity index (χ1n) is 19.8. The van der Waals surface area contributed by atoms with Crippen LogP contribution >= 0.6 is 0 Å². The average molecular weight is 848 g/mol. The highest BCUT2D eigenvalue weighted by molar-refractivity contribution is 6.13. The first-order chi connectivity index (χ1) is 30.9. The quantitative estimate of drug-likeness (QED) is 0.162. The molecule has 5 nitrogen and oxygen atoms in total. The molecule has 0 radical (unpaired) electrons. The molecule has 0 atom stereocenters. The van der Waals surface area contributed by atoms with Crippen molar-refractivity contribution < 1.29 is 26.3 Å². The molecule has 2 heterocycles. The third-order valence-electron chi connectivity index (χ3n) is 11.7. The molecule has 306 valence electrons. The summed E-state index contributed by atoms with van der Waals surface area (Å²) in [6.07, 6.45) is -10.3. The lowest BCUT2D eigenvalue weighted by molar-refractivity contribution is -0.142. The van der Waals surface area contributed by atoms with Crippen LogP contribution in [0.2, 0.25) is 0 Å². The molecule has 0 N–H and O–H groups in total. The van der Waals surface area contributed by atoms with E-state index in [1.54, 1.807) is 81.9 Å². The van der Waals surface area contributed by atoms with E-state index in [4.69, 9.17) is 0 Å². The van der Waals surface area contributed by atoms with Gasteiger partial charge in [-0.1, -0.05) is 91.0 Å². The topological polar surface area (TPSA) is 81.2 Å². The molecule has 0 bridgehead atoms. The maximum atomic E-state index is 15.5. The van der Waals surface area contributed by atoms with E-state index in [1.807, 2.05) is 60.7 Å². The normalized spacial score (nSPS) is 11.9. The van der Waals surface area contributed by atoms with Gasteiger partial charge in [0.2, 0.25) is 0 Å². The molecule has 10 rings (SSSR count). The summed E-state index contributed by atoms with van der Waals surface area (Å²) in [5.41, 5.74) is 2.88. The molecule has 0 spiro atoms. The van der Waals surface area contributed by atoms with Crippen molar-refractivity contribution in [3.05, 3.63) is 192 Å².